The highest BCUT2D eigenvalue weighted by molar-refractivity contribution is 5.81. The molecule has 2 N–H and O–H groups in total. The van der Waals surface area contributed by atoms with Gasteiger partial charge in [-0.25, -0.2) is 0 Å². The molecule has 1 heterocycles. The molecule has 1 aliphatic heterocycles. The van der Waals surface area contributed by atoms with Crippen molar-refractivity contribution in [1.29, 1.82) is 0 Å². The van der Waals surface area contributed by atoms with Crippen molar-refractivity contribution in [3.63, 3.8) is 0 Å². The van der Waals surface area contributed by atoms with Crippen LogP contribution in [0, 0.1) is 23.7 Å². The number of amides is 1. The molecule has 1 aliphatic carbocycles. The first-order valence-corrected chi connectivity index (χ1v) is 8.12. The first-order valence-electron chi connectivity index (χ1n) is 8.12. The fraction of sp³-hybridized carbons (Fsp3) is 0.938. The molecule has 0 aromatic rings. The smallest absolute Gasteiger partial charge is 0.237 e. The van der Waals surface area contributed by atoms with Gasteiger partial charge in [-0.05, 0) is 62.8 Å². The molecule has 2 fully saturated rings. The van der Waals surface area contributed by atoms with Gasteiger partial charge in [0.2, 0.25) is 5.91 Å². The molecule has 0 bridgehead atoms. The van der Waals surface area contributed by atoms with Crippen LogP contribution in [0.5, 0.6) is 0 Å². The Labute approximate surface area is 117 Å². The van der Waals surface area contributed by atoms with Crippen LogP contribution in [0.15, 0.2) is 0 Å². The van der Waals surface area contributed by atoms with Crippen molar-refractivity contribution in [2.24, 2.45) is 23.7 Å². The van der Waals surface area contributed by atoms with E-state index in [-0.39, 0.29) is 11.9 Å². The molecule has 1 saturated carbocycles. The summed E-state index contributed by atoms with van der Waals surface area (Å²) in [5.74, 6) is 3.55. The maximum absolute atomic E-state index is 12.0. The fourth-order valence-corrected chi connectivity index (χ4v) is 3.89. The largest absolute Gasteiger partial charge is 0.355 e. The van der Waals surface area contributed by atoms with Crippen LogP contribution in [0.1, 0.15) is 52.9 Å². The highest BCUT2D eigenvalue weighted by Gasteiger charge is 2.34. The van der Waals surface area contributed by atoms with Gasteiger partial charge < -0.3 is 10.6 Å². The minimum atomic E-state index is 0.0494. The molecular formula is C16H30N2O. The number of carbonyl (C=O) groups excluding carboxylic acids is 1. The van der Waals surface area contributed by atoms with E-state index in [1.807, 2.05) is 6.92 Å². The van der Waals surface area contributed by atoms with Crippen molar-refractivity contribution >= 4 is 5.91 Å². The van der Waals surface area contributed by atoms with E-state index in [1.54, 1.807) is 0 Å². The number of rotatable bonds is 3. The van der Waals surface area contributed by atoms with Crippen molar-refractivity contribution in [2.45, 2.75) is 58.9 Å². The number of nitrogens with one attached hydrogen (secondary N) is 2. The SMILES string of the molecule is CCNC(=O)C1CC(C2CCC(C)C(C)C2)CCN1. The summed E-state index contributed by atoms with van der Waals surface area (Å²) in [5.41, 5.74) is 0. The standard InChI is InChI=1S/C16H30N2O/c1-4-17-16(19)15-10-14(7-8-18-15)13-6-5-11(2)12(3)9-13/h11-15,18H,4-10H2,1-3H3,(H,17,19). The van der Waals surface area contributed by atoms with Gasteiger partial charge in [0, 0.05) is 6.54 Å². The van der Waals surface area contributed by atoms with Crippen LogP contribution in [-0.4, -0.2) is 25.0 Å². The van der Waals surface area contributed by atoms with Crippen LogP contribution in [0.25, 0.3) is 0 Å². The summed E-state index contributed by atoms with van der Waals surface area (Å²) in [7, 11) is 0. The minimum Gasteiger partial charge on any atom is -0.355 e. The number of likely N-dealkylation sites (N-methyl/N-ethyl adjacent to an activating group) is 1. The van der Waals surface area contributed by atoms with Gasteiger partial charge in [-0.2, -0.15) is 0 Å². The lowest BCUT2D eigenvalue weighted by Crippen LogP contribution is -2.50. The van der Waals surface area contributed by atoms with Crippen molar-refractivity contribution in [1.82, 2.24) is 10.6 Å². The van der Waals surface area contributed by atoms with Crippen LogP contribution in [0.2, 0.25) is 0 Å². The van der Waals surface area contributed by atoms with Gasteiger partial charge >= 0.3 is 0 Å². The monoisotopic (exact) mass is 266 g/mol. The van der Waals surface area contributed by atoms with Gasteiger partial charge in [0.15, 0.2) is 0 Å². The lowest BCUT2D eigenvalue weighted by molar-refractivity contribution is -0.124. The zero-order chi connectivity index (χ0) is 13.8. The molecular weight excluding hydrogens is 236 g/mol. The lowest BCUT2D eigenvalue weighted by Gasteiger charge is -2.40. The second-order valence-electron chi connectivity index (χ2n) is 6.71. The number of hydrogen-bond donors (Lipinski definition) is 2. The van der Waals surface area contributed by atoms with E-state index < -0.39 is 0 Å². The van der Waals surface area contributed by atoms with Crippen LogP contribution >= 0.6 is 0 Å². The van der Waals surface area contributed by atoms with Gasteiger partial charge in [-0.1, -0.05) is 20.3 Å². The summed E-state index contributed by atoms with van der Waals surface area (Å²) in [6.07, 6.45) is 6.41. The summed E-state index contributed by atoms with van der Waals surface area (Å²) in [6, 6.07) is 0.0494. The highest BCUT2D eigenvalue weighted by Crippen LogP contribution is 2.40. The molecule has 0 aromatic heterocycles. The molecule has 3 nitrogen and oxygen atoms in total. The third-order valence-corrected chi connectivity index (χ3v) is 5.42. The molecule has 2 aliphatic rings. The first-order chi connectivity index (χ1) is 9.11. The zero-order valence-electron chi connectivity index (χ0n) is 12.7. The number of carbonyl (C=O) groups is 1. The molecule has 19 heavy (non-hydrogen) atoms. The Hall–Kier alpha value is -0.570. The molecule has 0 spiro atoms. The molecule has 1 amide bonds. The van der Waals surface area contributed by atoms with Crippen LogP contribution in [0.3, 0.4) is 0 Å². The highest BCUT2D eigenvalue weighted by atomic mass is 16.2. The first kappa shape index (κ1) is 14.8. The summed E-state index contributed by atoms with van der Waals surface area (Å²) in [6.45, 7) is 8.52. The average Bonchev–Trinajstić information content (AvgIpc) is 2.42. The van der Waals surface area contributed by atoms with Crippen LogP contribution in [0.4, 0.5) is 0 Å². The second-order valence-corrected chi connectivity index (χ2v) is 6.71. The molecule has 110 valence electrons. The summed E-state index contributed by atoms with van der Waals surface area (Å²) >= 11 is 0. The number of piperidine rings is 1. The van der Waals surface area contributed by atoms with E-state index in [0.717, 1.165) is 43.2 Å². The molecule has 0 radical (unpaired) electrons. The van der Waals surface area contributed by atoms with Crippen molar-refractivity contribution in [3.8, 4) is 0 Å². The second kappa shape index (κ2) is 6.74. The Kier molecular flexibility index (Phi) is 5.26. The van der Waals surface area contributed by atoms with Crippen LogP contribution in [-0.2, 0) is 4.79 Å². The van der Waals surface area contributed by atoms with E-state index in [4.69, 9.17) is 0 Å². The lowest BCUT2D eigenvalue weighted by atomic mass is 9.68. The Morgan fingerprint density at radius 3 is 2.53 bits per heavy atom. The molecule has 0 aromatic carbocycles. The Bertz CT molecular complexity index is 305. The quantitative estimate of drug-likeness (QED) is 0.824. The van der Waals surface area contributed by atoms with Crippen LogP contribution < -0.4 is 10.6 Å². The predicted octanol–water partition coefficient (Wildman–Crippen LogP) is 2.56. The van der Waals surface area contributed by atoms with Gasteiger partial charge in [0.05, 0.1) is 6.04 Å². The maximum atomic E-state index is 12.0. The van der Waals surface area contributed by atoms with Gasteiger partial charge in [-0.3, -0.25) is 4.79 Å². The Morgan fingerprint density at radius 2 is 1.84 bits per heavy atom. The third-order valence-electron chi connectivity index (χ3n) is 5.42. The molecule has 5 unspecified atom stereocenters. The minimum absolute atomic E-state index is 0.0494. The van der Waals surface area contributed by atoms with E-state index in [2.05, 4.69) is 24.5 Å². The Balaban J connectivity index is 1.88. The molecule has 3 heteroatoms. The molecule has 2 rings (SSSR count). The Morgan fingerprint density at radius 1 is 1.11 bits per heavy atom. The normalized spacial score (nSPS) is 39.8. The maximum Gasteiger partial charge on any atom is 0.237 e. The van der Waals surface area contributed by atoms with Gasteiger partial charge in [0.1, 0.15) is 0 Å². The van der Waals surface area contributed by atoms with Crippen molar-refractivity contribution in [3.05, 3.63) is 0 Å². The van der Waals surface area contributed by atoms with Crippen molar-refractivity contribution < 1.29 is 4.79 Å². The zero-order valence-corrected chi connectivity index (χ0v) is 12.7. The van der Waals surface area contributed by atoms with E-state index in [0.29, 0.717) is 0 Å². The average molecular weight is 266 g/mol. The van der Waals surface area contributed by atoms with E-state index in [9.17, 15) is 4.79 Å². The third kappa shape index (κ3) is 3.71. The summed E-state index contributed by atoms with van der Waals surface area (Å²) in [4.78, 5) is 12.0. The van der Waals surface area contributed by atoms with E-state index >= 15 is 0 Å². The van der Waals surface area contributed by atoms with E-state index in [1.165, 1.54) is 25.7 Å². The van der Waals surface area contributed by atoms with Gasteiger partial charge in [-0.15, -0.1) is 0 Å². The molecule has 5 atom stereocenters. The summed E-state index contributed by atoms with van der Waals surface area (Å²) in [5, 5.41) is 6.33. The molecule has 1 saturated heterocycles. The topological polar surface area (TPSA) is 41.1 Å². The fourth-order valence-electron chi connectivity index (χ4n) is 3.89. The van der Waals surface area contributed by atoms with Crippen molar-refractivity contribution in [2.75, 3.05) is 13.1 Å². The van der Waals surface area contributed by atoms with Gasteiger partial charge in [0.25, 0.3) is 0 Å². The predicted molar refractivity (Wildman–Crippen MR) is 78.9 cm³/mol. The number of hydrogen-bond acceptors (Lipinski definition) is 2. The summed E-state index contributed by atoms with van der Waals surface area (Å²) < 4.78 is 0.